The molecule has 1 aromatic carbocycles. The van der Waals surface area contributed by atoms with Crippen LogP contribution < -0.4 is 0 Å². The number of halogens is 1. The van der Waals surface area contributed by atoms with Crippen LogP contribution in [0, 0.1) is 12.7 Å². The lowest BCUT2D eigenvalue weighted by Gasteiger charge is -2.08. The van der Waals surface area contributed by atoms with Gasteiger partial charge in [-0.05, 0) is 37.6 Å². The van der Waals surface area contributed by atoms with E-state index in [0.29, 0.717) is 17.1 Å². The first kappa shape index (κ1) is 17.3. The van der Waals surface area contributed by atoms with E-state index in [4.69, 9.17) is 0 Å². The molecule has 0 N–H and O–H groups in total. The van der Waals surface area contributed by atoms with Crippen LogP contribution in [0.15, 0.2) is 48.7 Å². The SMILES string of the molecule is CCCCn1nc(C)c2c(-c3ccccn3)nc(-c3ccccc3F)nc21. The highest BCUT2D eigenvalue weighted by atomic mass is 19.1. The van der Waals surface area contributed by atoms with Crippen molar-refractivity contribution in [1.29, 1.82) is 0 Å². The molecule has 4 rings (SSSR count). The smallest absolute Gasteiger partial charge is 0.165 e. The van der Waals surface area contributed by atoms with Crippen LogP contribution in [-0.2, 0) is 6.54 Å². The molecule has 0 radical (unpaired) electrons. The van der Waals surface area contributed by atoms with Crippen LogP contribution in [0.2, 0.25) is 0 Å². The minimum absolute atomic E-state index is 0.346. The van der Waals surface area contributed by atoms with Gasteiger partial charge in [-0.2, -0.15) is 5.10 Å². The fraction of sp³-hybridized carbons (Fsp3) is 0.238. The molecule has 3 heterocycles. The van der Waals surface area contributed by atoms with E-state index < -0.39 is 0 Å². The molecule has 0 aliphatic rings. The van der Waals surface area contributed by atoms with Gasteiger partial charge >= 0.3 is 0 Å². The number of aryl methyl sites for hydroxylation is 2. The van der Waals surface area contributed by atoms with Crippen LogP contribution in [0.1, 0.15) is 25.5 Å². The Bertz CT molecular complexity index is 1090. The second-order valence-corrected chi connectivity index (χ2v) is 6.45. The number of nitrogens with zero attached hydrogens (tertiary/aromatic N) is 5. The number of benzene rings is 1. The molecule has 0 spiro atoms. The largest absolute Gasteiger partial charge is 0.255 e. The Morgan fingerprint density at radius 1 is 1.04 bits per heavy atom. The van der Waals surface area contributed by atoms with Crippen molar-refractivity contribution in [2.45, 2.75) is 33.2 Å². The van der Waals surface area contributed by atoms with Crippen LogP contribution in [0.4, 0.5) is 4.39 Å². The summed E-state index contributed by atoms with van der Waals surface area (Å²) in [6, 6.07) is 12.2. The predicted molar refractivity (Wildman–Crippen MR) is 104 cm³/mol. The lowest BCUT2D eigenvalue weighted by molar-refractivity contribution is 0.580. The molecular weight excluding hydrogens is 341 g/mol. The van der Waals surface area contributed by atoms with Gasteiger partial charge in [0.15, 0.2) is 11.5 Å². The summed E-state index contributed by atoms with van der Waals surface area (Å²) < 4.78 is 16.3. The van der Waals surface area contributed by atoms with E-state index in [2.05, 4.69) is 27.0 Å². The molecule has 0 saturated carbocycles. The Labute approximate surface area is 156 Å². The Morgan fingerprint density at radius 2 is 1.85 bits per heavy atom. The number of fused-ring (bicyclic) bond motifs is 1. The average molecular weight is 361 g/mol. The van der Waals surface area contributed by atoms with E-state index in [1.807, 2.05) is 29.8 Å². The molecular formula is C21H20FN5. The van der Waals surface area contributed by atoms with Crippen LogP contribution in [0.5, 0.6) is 0 Å². The molecule has 0 bridgehead atoms. The number of aromatic nitrogens is 5. The molecule has 0 aliphatic carbocycles. The Hall–Kier alpha value is -3.15. The van der Waals surface area contributed by atoms with E-state index in [1.54, 1.807) is 24.4 Å². The van der Waals surface area contributed by atoms with Crippen molar-refractivity contribution in [3.05, 3.63) is 60.2 Å². The van der Waals surface area contributed by atoms with Gasteiger partial charge in [-0.1, -0.05) is 31.5 Å². The van der Waals surface area contributed by atoms with Gasteiger partial charge in [0.2, 0.25) is 0 Å². The second kappa shape index (κ2) is 7.23. The minimum Gasteiger partial charge on any atom is -0.255 e. The molecule has 6 heteroatoms. The van der Waals surface area contributed by atoms with E-state index in [-0.39, 0.29) is 5.82 Å². The Balaban J connectivity index is 2.02. The van der Waals surface area contributed by atoms with Crippen molar-refractivity contribution < 1.29 is 4.39 Å². The normalized spacial score (nSPS) is 11.2. The zero-order valence-corrected chi connectivity index (χ0v) is 15.4. The summed E-state index contributed by atoms with van der Waals surface area (Å²) >= 11 is 0. The van der Waals surface area contributed by atoms with Gasteiger partial charge < -0.3 is 0 Å². The van der Waals surface area contributed by atoms with Gasteiger partial charge in [0.25, 0.3) is 0 Å². The molecule has 0 saturated heterocycles. The van der Waals surface area contributed by atoms with Crippen LogP contribution in [0.3, 0.4) is 0 Å². The number of unbranched alkanes of at least 4 members (excludes halogenated alkanes) is 1. The maximum atomic E-state index is 14.4. The van der Waals surface area contributed by atoms with Crippen molar-refractivity contribution in [1.82, 2.24) is 24.7 Å². The number of rotatable bonds is 5. The summed E-state index contributed by atoms with van der Waals surface area (Å²) in [5.41, 5.74) is 3.34. The van der Waals surface area contributed by atoms with Crippen LogP contribution in [-0.4, -0.2) is 24.7 Å². The molecule has 0 unspecified atom stereocenters. The topological polar surface area (TPSA) is 56.5 Å². The first-order chi connectivity index (χ1) is 13.2. The van der Waals surface area contributed by atoms with Crippen LogP contribution in [0.25, 0.3) is 33.8 Å². The highest BCUT2D eigenvalue weighted by Crippen LogP contribution is 2.31. The molecule has 136 valence electrons. The van der Waals surface area contributed by atoms with E-state index in [9.17, 15) is 4.39 Å². The lowest BCUT2D eigenvalue weighted by atomic mass is 10.1. The number of hydrogen-bond donors (Lipinski definition) is 0. The third-order valence-electron chi connectivity index (χ3n) is 4.51. The first-order valence-corrected chi connectivity index (χ1v) is 9.10. The van der Waals surface area contributed by atoms with E-state index >= 15 is 0 Å². The molecule has 0 amide bonds. The third kappa shape index (κ3) is 3.18. The fourth-order valence-electron chi connectivity index (χ4n) is 3.16. The predicted octanol–water partition coefficient (Wildman–Crippen LogP) is 4.80. The van der Waals surface area contributed by atoms with Crippen molar-refractivity contribution in [3.63, 3.8) is 0 Å². The molecule has 3 aromatic heterocycles. The lowest BCUT2D eigenvalue weighted by Crippen LogP contribution is -2.03. The zero-order chi connectivity index (χ0) is 18.8. The average Bonchev–Trinajstić information content (AvgIpc) is 3.02. The molecule has 0 fully saturated rings. The molecule has 4 aromatic rings. The van der Waals surface area contributed by atoms with Crippen molar-refractivity contribution in [2.24, 2.45) is 0 Å². The van der Waals surface area contributed by atoms with Gasteiger partial charge in [0.05, 0.1) is 22.3 Å². The highest BCUT2D eigenvalue weighted by molar-refractivity contribution is 5.93. The standard InChI is InChI=1S/C21H20FN5/c1-3-4-13-27-21-18(14(2)26-27)19(17-11-7-8-12-23-17)24-20(25-21)15-9-5-6-10-16(15)22/h5-12H,3-4,13H2,1-2H3. The summed E-state index contributed by atoms with van der Waals surface area (Å²) in [6.45, 7) is 4.84. The van der Waals surface area contributed by atoms with Gasteiger partial charge in [-0.3, -0.25) is 4.98 Å². The molecule has 0 atom stereocenters. The monoisotopic (exact) mass is 361 g/mol. The quantitative estimate of drug-likeness (QED) is 0.512. The Morgan fingerprint density at radius 3 is 2.59 bits per heavy atom. The Kier molecular flexibility index (Phi) is 4.62. The van der Waals surface area contributed by atoms with Crippen molar-refractivity contribution in [2.75, 3.05) is 0 Å². The van der Waals surface area contributed by atoms with Gasteiger partial charge in [-0.15, -0.1) is 0 Å². The molecule has 0 aliphatic heterocycles. The minimum atomic E-state index is -0.347. The fourth-order valence-corrected chi connectivity index (χ4v) is 3.16. The maximum absolute atomic E-state index is 14.4. The summed E-state index contributed by atoms with van der Waals surface area (Å²) in [6.07, 6.45) is 3.77. The number of pyridine rings is 1. The zero-order valence-electron chi connectivity index (χ0n) is 15.4. The molecule has 5 nitrogen and oxygen atoms in total. The summed E-state index contributed by atoms with van der Waals surface area (Å²) in [7, 11) is 0. The van der Waals surface area contributed by atoms with Gasteiger partial charge in [-0.25, -0.2) is 19.0 Å². The number of hydrogen-bond acceptors (Lipinski definition) is 4. The third-order valence-corrected chi connectivity index (χ3v) is 4.51. The van der Waals surface area contributed by atoms with Crippen molar-refractivity contribution >= 4 is 11.0 Å². The van der Waals surface area contributed by atoms with Gasteiger partial charge in [0, 0.05) is 12.7 Å². The highest BCUT2D eigenvalue weighted by Gasteiger charge is 2.20. The molecule has 27 heavy (non-hydrogen) atoms. The second-order valence-electron chi connectivity index (χ2n) is 6.45. The van der Waals surface area contributed by atoms with Crippen LogP contribution >= 0.6 is 0 Å². The summed E-state index contributed by atoms with van der Waals surface area (Å²) in [5.74, 6) is -0.000863. The first-order valence-electron chi connectivity index (χ1n) is 9.10. The van der Waals surface area contributed by atoms with E-state index in [0.717, 1.165) is 41.8 Å². The van der Waals surface area contributed by atoms with E-state index in [1.165, 1.54) is 6.07 Å². The summed E-state index contributed by atoms with van der Waals surface area (Å²) in [4.78, 5) is 13.8. The maximum Gasteiger partial charge on any atom is 0.165 e. The summed E-state index contributed by atoms with van der Waals surface area (Å²) in [5, 5.41) is 5.53. The van der Waals surface area contributed by atoms with Gasteiger partial charge in [0.1, 0.15) is 11.5 Å². The van der Waals surface area contributed by atoms with Crippen molar-refractivity contribution in [3.8, 4) is 22.8 Å².